The minimum Gasteiger partial charge on any atom is -0.381 e. The van der Waals surface area contributed by atoms with Crippen LogP contribution in [-0.4, -0.2) is 29.1 Å². The predicted octanol–water partition coefficient (Wildman–Crippen LogP) is 3.56. The smallest absolute Gasteiger partial charge is 0.251 e. The maximum absolute atomic E-state index is 12.6. The lowest BCUT2D eigenvalue weighted by Gasteiger charge is -2.13. The van der Waals surface area contributed by atoms with Crippen LogP contribution in [0.2, 0.25) is 0 Å². The van der Waals surface area contributed by atoms with Crippen LogP contribution in [0.3, 0.4) is 0 Å². The molecule has 128 valence electrons. The van der Waals surface area contributed by atoms with E-state index in [4.69, 9.17) is 4.74 Å². The van der Waals surface area contributed by atoms with E-state index >= 15 is 0 Å². The number of imidazole rings is 1. The van der Waals surface area contributed by atoms with Crippen LogP contribution in [0, 0.1) is 0 Å². The number of carbonyl (C=O) groups excluding carboxylic acids is 1. The summed E-state index contributed by atoms with van der Waals surface area (Å²) < 4.78 is 5.45. The van der Waals surface area contributed by atoms with E-state index in [-0.39, 0.29) is 11.9 Å². The molecule has 1 fully saturated rings. The molecule has 3 aromatic rings. The highest BCUT2D eigenvalue weighted by atomic mass is 16.5. The summed E-state index contributed by atoms with van der Waals surface area (Å²) in [6, 6.07) is 15.5. The van der Waals surface area contributed by atoms with Gasteiger partial charge in [-0.2, -0.15) is 0 Å². The Kier molecular flexibility index (Phi) is 4.24. The first-order chi connectivity index (χ1) is 12.2. The third-order valence-electron chi connectivity index (χ3n) is 4.72. The van der Waals surface area contributed by atoms with Crippen molar-refractivity contribution in [3.05, 3.63) is 65.5 Å². The molecule has 0 radical (unpaired) electrons. The summed E-state index contributed by atoms with van der Waals surface area (Å²) in [6.45, 7) is 3.47. The molecular weight excluding hydrogens is 314 g/mol. The van der Waals surface area contributed by atoms with Gasteiger partial charge in [-0.3, -0.25) is 4.79 Å². The maximum Gasteiger partial charge on any atom is 0.251 e. The number of benzene rings is 2. The van der Waals surface area contributed by atoms with Crippen molar-refractivity contribution in [3.8, 4) is 0 Å². The second kappa shape index (κ2) is 6.69. The fourth-order valence-corrected chi connectivity index (χ4v) is 3.26. The molecule has 0 spiro atoms. The van der Waals surface area contributed by atoms with Gasteiger partial charge >= 0.3 is 0 Å². The first kappa shape index (κ1) is 15.8. The molecular formula is C20H21N3O2. The SMILES string of the molecule is C[C@H](NC(=O)c1cccc([C@H]2CCOC2)c1)c1nc2ccccc2[nH]1. The number of para-hydroxylation sites is 2. The number of aromatic amines is 1. The number of H-pyrrole nitrogens is 1. The van der Waals surface area contributed by atoms with Crippen molar-refractivity contribution in [2.24, 2.45) is 0 Å². The second-order valence-corrected chi connectivity index (χ2v) is 6.52. The minimum absolute atomic E-state index is 0.0891. The lowest BCUT2D eigenvalue weighted by Crippen LogP contribution is -2.27. The topological polar surface area (TPSA) is 67.0 Å². The Morgan fingerprint density at radius 1 is 1.28 bits per heavy atom. The summed E-state index contributed by atoms with van der Waals surface area (Å²) in [5.74, 6) is 1.06. The lowest BCUT2D eigenvalue weighted by atomic mass is 9.96. The number of fused-ring (bicyclic) bond motifs is 1. The molecule has 2 aromatic carbocycles. The Labute approximate surface area is 146 Å². The first-order valence-corrected chi connectivity index (χ1v) is 8.64. The van der Waals surface area contributed by atoms with Crippen molar-refractivity contribution in [2.45, 2.75) is 25.3 Å². The van der Waals surface area contributed by atoms with Crippen molar-refractivity contribution in [2.75, 3.05) is 13.2 Å². The largest absolute Gasteiger partial charge is 0.381 e. The van der Waals surface area contributed by atoms with Crippen LogP contribution >= 0.6 is 0 Å². The number of carbonyl (C=O) groups is 1. The Hall–Kier alpha value is -2.66. The molecule has 1 saturated heterocycles. The van der Waals surface area contributed by atoms with Gasteiger partial charge in [0.05, 0.1) is 23.7 Å². The fraction of sp³-hybridized carbons (Fsp3) is 0.300. The monoisotopic (exact) mass is 335 g/mol. The molecule has 1 aliphatic rings. The van der Waals surface area contributed by atoms with Crippen LogP contribution in [0.15, 0.2) is 48.5 Å². The highest BCUT2D eigenvalue weighted by molar-refractivity contribution is 5.94. The minimum atomic E-state index is -0.196. The van der Waals surface area contributed by atoms with Crippen LogP contribution < -0.4 is 5.32 Å². The zero-order valence-corrected chi connectivity index (χ0v) is 14.2. The number of hydrogen-bond donors (Lipinski definition) is 2. The van der Waals surface area contributed by atoms with Gasteiger partial charge in [-0.1, -0.05) is 24.3 Å². The third kappa shape index (κ3) is 3.28. The van der Waals surface area contributed by atoms with E-state index in [1.807, 2.05) is 49.4 Å². The quantitative estimate of drug-likeness (QED) is 0.766. The maximum atomic E-state index is 12.6. The molecule has 2 heterocycles. The highest BCUT2D eigenvalue weighted by Crippen LogP contribution is 2.26. The number of aromatic nitrogens is 2. The number of nitrogens with one attached hydrogen (secondary N) is 2. The molecule has 25 heavy (non-hydrogen) atoms. The Morgan fingerprint density at radius 3 is 2.96 bits per heavy atom. The lowest BCUT2D eigenvalue weighted by molar-refractivity contribution is 0.0938. The van der Waals surface area contributed by atoms with Crippen molar-refractivity contribution < 1.29 is 9.53 Å². The summed E-state index contributed by atoms with van der Waals surface area (Å²) in [5, 5.41) is 3.03. The Morgan fingerprint density at radius 2 is 2.16 bits per heavy atom. The zero-order valence-electron chi connectivity index (χ0n) is 14.2. The number of nitrogens with zero attached hydrogens (tertiary/aromatic N) is 1. The van der Waals surface area contributed by atoms with E-state index in [0.717, 1.165) is 36.5 Å². The fourth-order valence-electron chi connectivity index (χ4n) is 3.26. The molecule has 2 atom stereocenters. The van der Waals surface area contributed by atoms with Crippen molar-refractivity contribution in [1.82, 2.24) is 15.3 Å². The van der Waals surface area contributed by atoms with Crippen molar-refractivity contribution >= 4 is 16.9 Å². The molecule has 2 N–H and O–H groups in total. The molecule has 5 nitrogen and oxygen atoms in total. The van der Waals surface area contributed by atoms with Crippen LogP contribution in [0.5, 0.6) is 0 Å². The van der Waals surface area contributed by atoms with E-state index in [0.29, 0.717) is 11.5 Å². The van der Waals surface area contributed by atoms with E-state index in [1.54, 1.807) is 0 Å². The molecule has 0 bridgehead atoms. The van der Waals surface area contributed by atoms with Gasteiger partial charge in [0, 0.05) is 18.1 Å². The second-order valence-electron chi connectivity index (χ2n) is 6.52. The molecule has 0 unspecified atom stereocenters. The van der Waals surface area contributed by atoms with Gasteiger partial charge < -0.3 is 15.0 Å². The van der Waals surface area contributed by atoms with E-state index in [9.17, 15) is 4.79 Å². The van der Waals surface area contributed by atoms with Crippen LogP contribution in [0.4, 0.5) is 0 Å². The van der Waals surface area contributed by atoms with Gasteiger partial charge in [0.1, 0.15) is 5.82 Å². The molecule has 4 rings (SSSR count). The Balaban J connectivity index is 1.50. The predicted molar refractivity (Wildman–Crippen MR) is 96.6 cm³/mol. The Bertz CT molecular complexity index is 864. The van der Waals surface area contributed by atoms with E-state index < -0.39 is 0 Å². The molecule has 0 saturated carbocycles. The van der Waals surface area contributed by atoms with Gasteiger partial charge in [0.25, 0.3) is 5.91 Å². The number of ether oxygens (including phenoxy) is 1. The molecule has 0 aliphatic carbocycles. The molecule has 1 amide bonds. The summed E-state index contributed by atoms with van der Waals surface area (Å²) >= 11 is 0. The average molecular weight is 335 g/mol. The van der Waals surface area contributed by atoms with Crippen molar-refractivity contribution in [3.63, 3.8) is 0 Å². The molecule has 1 aliphatic heterocycles. The normalized spacial score (nSPS) is 18.4. The van der Waals surface area contributed by atoms with E-state index in [1.165, 1.54) is 5.56 Å². The van der Waals surface area contributed by atoms with Crippen LogP contribution in [-0.2, 0) is 4.74 Å². The standard InChI is InChI=1S/C20H21N3O2/c1-13(19-22-17-7-2-3-8-18(17)23-19)21-20(24)15-6-4-5-14(11-15)16-9-10-25-12-16/h2-8,11,13,16H,9-10,12H2,1H3,(H,21,24)(H,22,23)/t13-,16-/m0/s1. The molecule has 1 aromatic heterocycles. The van der Waals surface area contributed by atoms with Gasteiger partial charge in [-0.05, 0) is 43.2 Å². The van der Waals surface area contributed by atoms with Crippen molar-refractivity contribution in [1.29, 1.82) is 0 Å². The summed E-state index contributed by atoms with van der Waals surface area (Å²) in [4.78, 5) is 20.4. The number of amides is 1. The number of hydrogen-bond acceptors (Lipinski definition) is 3. The van der Waals surface area contributed by atoms with Crippen LogP contribution in [0.25, 0.3) is 11.0 Å². The van der Waals surface area contributed by atoms with Gasteiger partial charge in [0.2, 0.25) is 0 Å². The first-order valence-electron chi connectivity index (χ1n) is 8.64. The number of rotatable bonds is 4. The third-order valence-corrected chi connectivity index (χ3v) is 4.72. The van der Waals surface area contributed by atoms with Gasteiger partial charge in [-0.25, -0.2) is 4.98 Å². The summed E-state index contributed by atoms with van der Waals surface area (Å²) in [7, 11) is 0. The molecule has 5 heteroatoms. The summed E-state index contributed by atoms with van der Waals surface area (Å²) in [6.07, 6.45) is 1.01. The highest BCUT2D eigenvalue weighted by Gasteiger charge is 2.20. The van der Waals surface area contributed by atoms with Gasteiger partial charge in [0.15, 0.2) is 0 Å². The van der Waals surface area contributed by atoms with Gasteiger partial charge in [-0.15, -0.1) is 0 Å². The van der Waals surface area contributed by atoms with E-state index in [2.05, 4.69) is 21.4 Å². The van der Waals surface area contributed by atoms with Crippen LogP contribution in [0.1, 0.15) is 47.1 Å². The average Bonchev–Trinajstić information content (AvgIpc) is 3.31. The summed E-state index contributed by atoms with van der Waals surface area (Å²) in [5.41, 5.74) is 3.72. The zero-order chi connectivity index (χ0) is 17.2.